The molecule has 0 N–H and O–H groups in total. The largest absolute Gasteiger partial charge is 0.458 e. The standard InChI is InChI=1S/C20H17BO/c1-14-11-12-15(2)18(13-14)21-16-7-3-5-9-19(16)22-20-10-6-4-8-17(20)21/h3-13H,1-2H3. The zero-order valence-corrected chi connectivity index (χ0v) is 12.8. The van der Waals surface area contributed by atoms with E-state index in [2.05, 4.69) is 68.4 Å². The Morgan fingerprint density at radius 3 is 1.91 bits per heavy atom. The van der Waals surface area contributed by atoms with Crippen molar-refractivity contribution < 1.29 is 4.74 Å². The summed E-state index contributed by atoms with van der Waals surface area (Å²) in [7, 11) is 0. The van der Waals surface area contributed by atoms with Crippen molar-refractivity contribution in [2.45, 2.75) is 13.8 Å². The Balaban J connectivity index is 2.01. The lowest BCUT2D eigenvalue weighted by Gasteiger charge is -2.27. The van der Waals surface area contributed by atoms with Gasteiger partial charge in [0.1, 0.15) is 11.5 Å². The van der Waals surface area contributed by atoms with Gasteiger partial charge in [0.2, 0.25) is 0 Å². The van der Waals surface area contributed by atoms with Crippen LogP contribution in [0.15, 0.2) is 66.7 Å². The SMILES string of the molecule is Cc1ccc(C)c(B2c3ccccc3Oc3ccccc32)c1. The maximum absolute atomic E-state index is 6.10. The first-order chi connectivity index (χ1) is 10.7. The summed E-state index contributed by atoms with van der Waals surface area (Å²) < 4.78 is 6.10. The number of fused-ring (bicyclic) bond motifs is 2. The second-order valence-electron chi connectivity index (χ2n) is 5.97. The van der Waals surface area contributed by atoms with Crippen molar-refractivity contribution in [1.82, 2.24) is 0 Å². The molecule has 0 fully saturated rings. The molecule has 0 unspecified atom stereocenters. The van der Waals surface area contributed by atoms with E-state index in [1.165, 1.54) is 27.5 Å². The third kappa shape index (κ3) is 2.03. The van der Waals surface area contributed by atoms with Crippen LogP contribution < -0.4 is 21.1 Å². The molecule has 2 heteroatoms. The van der Waals surface area contributed by atoms with Crippen LogP contribution in [0, 0.1) is 13.8 Å². The van der Waals surface area contributed by atoms with Crippen LogP contribution in [0.25, 0.3) is 0 Å². The maximum Gasteiger partial charge on any atom is 0.251 e. The van der Waals surface area contributed by atoms with E-state index in [0.29, 0.717) is 0 Å². The van der Waals surface area contributed by atoms with Gasteiger partial charge in [-0.25, -0.2) is 0 Å². The first kappa shape index (κ1) is 13.2. The second-order valence-corrected chi connectivity index (χ2v) is 5.97. The molecule has 0 atom stereocenters. The molecule has 0 spiro atoms. The summed E-state index contributed by atoms with van der Waals surface area (Å²) in [6, 6.07) is 23.4. The summed E-state index contributed by atoms with van der Waals surface area (Å²) in [5.41, 5.74) is 6.47. The molecule has 106 valence electrons. The third-order valence-electron chi connectivity index (χ3n) is 4.43. The monoisotopic (exact) mass is 284 g/mol. The second kappa shape index (κ2) is 5.06. The smallest absolute Gasteiger partial charge is 0.251 e. The lowest BCUT2D eigenvalue weighted by molar-refractivity contribution is 0.487. The van der Waals surface area contributed by atoms with Gasteiger partial charge < -0.3 is 4.74 Å². The molecule has 0 amide bonds. The zero-order chi connectivity index (χ0) is 15.1. The van der Waals surface area contributed by atoms with Gasteiger partial charge in [0.15, 0.2) is 0 Å². The van der Waals surface area contributed by atoms with Crippen molar-refractivity contribution in [3.8, 4) is 11.5 Å². The number of rotatable bonds is 1. The number of para-hydroxylation sites is 2. The highest BCUT2D eigenvalue weighted by molar-refractivity contribution is 6.97. The molecule has 0 radical (unpaired) electrons. The number of hydrogen-bond donors (Lipinski definition) is 0. The fourth-order valence-electron chi connectivity index (χ4n) is 3.32. The number of aryl methyl sites for hydroxylation is 2. The molecule has 0 aliphatic carbocycles. The first-order valence-corrected chi connectivity index (χ1v) is 7.67. The predicted octanol–water partition coefficient (Wildman–Crippen LogP) is 2.93. The Bertz CT molecular complexity index is 808. The molecule has 0 bridgehead atoms. The quantitative estimate of drug-likeness (QED) is 0.488. The van der Waals surface area contributed by atoms with Crippen LogP contribution in [0.5, 0.6) is 11.5 Å². The minimum absolute atomic E-state index is 0.237. The lowest BCUT2D eigenvalue weighted by Crippen LogP contribution is -2.55. The van der Waals surface area contributed by atoms with Gasteiger partial charge in [-0.3, -0.25) is 0 Å². The molecule has 1 heterocycles. The van der Waals surface area contributed by atoms with Gasteiger partial charge >= 0.3 is 0 Å². The predicted molar refractivity (Wildman–Crippen MR) is 93.5 cm³/mol. The molecule has 22 heavy (non-hydrogen) atoms. The van der Waals surface area contributed by atoms with Gasteiger partial charge in [0.05, 0.1) is 0 Å². The summed E-state index contributed by atoms with van der Waals surface area (Å²) in [4.78, 5) is 0. The highest BCUT2D eigenvalue weighted by Gasteiger charge is 2.32. The van der Waals surface area contributed by atoms with Gasteiger partial charge in [0, 0.05) is 0 Å². The Kier molecular flexibility index (Phi) is 3.04. The molecule has 3 aromatic rings. The molecule has 1 aliphatic rings. The van der Waals surface area contributed by atoms with E-state index >= 15 is 0 Å². The van der Waals surface area contributed by atoms with E-state index < -0.39 is 0 Å². The molecule has 1 nitrogen and oxygen atoms in total. The minimum Gasteiger partial charge on any atom is -0.458 e. The highest BCUT2D eigenvalue weighted by Crippen LogP contribution is 2.24. The number of hydrogen-bond acceptors (Lipinski definition) is 1. The molecule has 0 saturated heterocycles. The van der Waals surface area contributed by atoms with Crippen molar-refractivity contribution in [3.05, 3.63) is 77.9 Å². The molecular weight excluding hydrogens is 267 g/mol. The third-order valence-corrected chi connectivity index (χ3v) is 4.43. The molecular formula is C20H17BO. The lowest BCUT2D eigenvalue weighted by atomic mass is 9.35. The Morgan fingerprint density at radius 2 is 1.27 bits per heavy atom. The van der Waals surface area contributed by atoms with E-state index in [1.807, 2.05) is 12.1 Å². The van der Waals surface area contributed by atoms with Crippen LogP contribution in [0.1, 0.15) is 11.1 Å². The summed E-state index contributed by atoms with van der Waals surface area (Å²) in [6.45, 7) is 4.58. The first-order valence-electron chi connectivity index (χ1n) is 7.67. The van der Waals surface area contributed by atoms with Crippen LogP contribution in [0.4, 0.5) is 0 Å². The van der Waals surface area contributed by atoms with Crippen LogP contribution >= 0.6 is 0 Å². The van der Waals surface area contributed by atoms with E-state index in [9.17, 15) is 0 Å². The van der Waals surface area contributed by atoms with Crippen molar-refractivity contribution in [1.29, 1.82) is 0 Å². The number of benzene rings is 3. The van der Waals surface area contributed by atoms with Crippen LogP contribution in [-0.4, -0.2) is 6.71 Å². The summed E-state index contributed by atoms with van der Waals surface area (Å²) in [6.07, 6.45) is 0. The average Bonchev–Trinajstić information content (AvgIpc) is 2.55. The fraction of sp³-hybridized carbons (Fsp3) is 0.100. The van der Waals surface area contributed by atoms with Crippen LogP contribution in [0.3, 0.4) is 0 Å². The van der Waals surface area contributed by atoms with E-state index in [4.69, 9.17) is 4.74 Å². The van der Waals surface area contributed by atoms with Gasteiger partial charge in [-0.05, 0) is 36.9 Å². The molecule has 3 aromatic carbocycles. The van der Waals surface area contributed by atoms with Crippen molar-refractivity contribution in [2.24, 2.45) is 0 Å². The van der Waals surface area contributed by atoms with Crippen LogP contribution in [-0.2, 0) is 0 Å². The average molecular weight is 284 g/mol. The Hall–Kier alpha value is -2.48. The molecule has 0 saturated carbocycles. The molecule has 4 rings (SSSR count). The maximum atomic E-state index is 6.10. The van der Waals surface area contributed by atoms with Gasteiger partial charge in [-0.15, -0.1) is 0 Å². The van der Waals surface area contributed by atoms with Crippen LogP contribution in [0.2, 0.25) is 0 Å². The van der Waals surface area contributed by atoms with E-state index in [1.54, 1.807) is 0 Å². The van der Waals surface area contributed by atoms with Gasteiger partial charge in [-0.2, -0.15) is 0 Å². The van der Waals surface area contributed by atoms with Gasteiger partial charge in [0.25, 0.3) is 6.71 Å². The van der Waals surface area contributed by atoms with Gasteiger partial charge in [-0.1, -0.05) is 71.2 Å². The number of ether oxygens (including phenoxy) is 1. The Morgan fingerprint density at radius 1 is 0.682 bits per heavy atom. The molecule has 0 aromatic heterocycles. The van der Waals surface area contributed by atoms with Crippen molar-refractivity contribution in [2.75, 3.05) is 0 Å². The summed E-state index contributed by atoms with van der Waals surface area (Å²) in [5, 5.41) is 0. The Labute approximate surface area is 131 Å². The summed E-state index contributed by atoms with van der Waals surface area (Å²) in [5.74, 6) is 1.93. The van der Waals surface area contributed by atoms with Crippen molar-refractivity contribution in [3.63, 3.8) is 0 Å². The zero-order valence-electron chi connectivity index (χ0n) is 12.8. The van der Waals surface area contributed by atoms with E-state index in [0.717, 1.165) is 11.5 Å². The highest BCUT2D eigenvalue weighted by atomic mass is 16.5. The molecule has 1 aliphatic heterocycles. The normalized spacial score (nSPS) is 12.4. The fourth-order valence-corrected chi connectivity index (χ4v) is 3.32. The van der Waals surface area contributed by atoms with Crippen molar-refractivity contribution >= 4 is 23.1 Å². The summed E-state index contributed by atoms with van der Waals surface area (Å²) >= 11 is 0. The topological polar surface area (TPSA) is 9.23 Å². The van der Waals surface area contributed by atoms with E-state index in [-0.39, 0.29) is 6.71 Å². The minimum atomic E-state index is 0.237.